The number of benzene rings is 2. The zero-order valence-corrected chi connectivity index (χ0v) is 10.4. The number of amides is 1. The maximum atomic E-state index is 13.0. The van der Waals surface area contributed by atoms with Crippen molar-refractivity contribution in [2.24, 2.45) is 10.9 Å². The van der Waals surface area contributed by atoms with E-state index in [-0.39, 0.29) is 11.4 Å². The van der Waals surface area contributed by atoms with Crippen molar-refractivity contribution in [3.8, 4) is 0 Å². The van der Waals surface area contributed by atoms with E-state index in [4.69, 9.17) is 10.9 Å². The average molecular weight is 273 g/mol. The molecule has 0 bridgehead atoms. The van der Waals surface area contributed by atoms with Gasteiger partial charge in [-0.2, -0.15) is 0 Å². The molecule has 20 heavy (non-hydrogen) atoms. The van der Waals surface area contributed by atoms with Crippen LogP contribution >= 0.6 is 0 Å². The van der Waals surface area contributed by atoms with Crippen LogP contribution in [-0.2, 0) is 0 Å². The van der Waals surface area contributed by atoms with E-state index in [1.807, 2.05) is 0 Å². The number of nitrogens with zero attached hydrogens (tertiary/aromatic N) is 1. The molecule has 2 aromatic carbocycles. The molecule has 0 aliphatic carbocycles. The molecular formula is C14H12FN3O2. The van der Waals surface area contributed by atoms with Gasteiger partial charge in [-0.3, -0.25) is 4.79 Å². The first-order chi connectivity index (χ1) is 9.60. The average Bonchev–Trinajstić information content (AvgIpc) is 2.47. The molecule has 0 aromatic heterocycles. The molecule has 0 saturated carbocycles. The van der Waals surface area contributed by atoms with Crippen LogP contribution in [0.2, 0.25) is 0 Å². The number of oxime groups is 1. The minimum atomic E-state index is -0.472. The van der Waals surface area contributed by atoms with Crippen LogP contribution in [0.1, 0.15) is 15.9 Å². The Morgan fingerprint density at radius 3 is 2.45 bits per heavy atom. The predicted octanol–water partition coefficient (Wildman–Crippen LogP) is 2.17. The molecule has 0 radical (unpaired) electrons. The van der Waals surface area contributed by atoms with Gasteiger partial charge in [-0.05, 0) is 42.5 Å². The van der Waals surface area contributed by atoms with Crippen molar-refractivity contribution >= 4 is 17.4 Å². The summed E-state index contributed by atoms with van der Waals surface area (Å²) in [6.07, 6.45) is 0. The molecule has 0 saturated heterocycles. The quantitative estimate of drug-likeness (QED) is 0.346. The Morgan fingerprint density at radius 2 is 1.85 bits per heavy atom. The number of rotatable bonds is 3. The fourth-order valence-electron chi connectivity index (χ4n) is 1.62. The first-order valence-corrected chi connectivity index (χ1v) is 5.75. The van der Waals surface area contributed by atoms with Gasteiger partial charge in [0.15, 0.2) is 5.84 Å². The van der Waals surface area contributed by atoms with Crippen LogP contribution in [0.25, 0.3) is 0 Å². The molecule has 102 valence electrons. The molecule has 0 spiro atoms. The highest BCUT2D eigenvalue weighted by molar-refractivity contribution is 6.04. The minimum Gasteiger partial charge on any atom is -0.409 e. The van der Waals surface area contributed by atoms with E-state index in [0.29, 0.717) is 11.3 Å². The number of nitrogens with two attached hydrogens (primary N) is 1. The highest BCUT2D eigenvalue weighted by Crippen LogP contribution is 2.12. The second-order valence-electron chi connectivity index (χ2n) is 4.03. The summed E-state index contributed by atoms with van der Waals surface area (Å²) in [5.41, 5.74) is 6.70. The summed E-state index contributed by atoms with van der Waals surface area (Å²) in [6.45, 7) is 0. The van der Waals surface area contributed by atoms with Gasteiger partial charge in [0, 0.05) is 16.8 Å². The van der Waals surface area contributed by atoms with Crippen LogP contribution < -0.4 is 11.1 Å². The summed E-state index contributed by atoms with van der Waals surface area (Å²) in [5, 5.41) is 14.0. The SMILES string of the molecule is N/C(=N/O)c1ccc(NC(=O)c2cccc(F)c2)cc1. The first-order valence-electron chi connectivity index (χ1n) is 5.75. The summed E-state index contributed by atoms with van der Waals surface area (Å²) in [4.78, 5) is 11.9. The van der Waals surface area contributed by atoms with Crippen LogP contribution in [0.15, 0.2) is 53.7 Å². The van der Waals surface area contributed by atoms with Crippen molar-refractivity contribution in [2.45, 2.75) is 0 Å². The Balaban J connectivity index is 2.12. The van der Waals surface area contributed by atoms with Gasteiger partial charge < -0.3 is 16.3 Å². The number of hydrogen-bond donors (Lipinski definition) is 3. The molecule has 0 unspecified atom stereocenters. The first kappa shape index (κ1) is 13.5. The third-order valence-corrected chi connectivity index (χ3v) is 2.63. The number of hydrogen-bond acceptors (Lipinski definition) is 3. The predicted molar refractivity (Wildman–Crippen MR) is 73.3 cm³/mol. The van der Waals surface area contributed by atoms with Crippen molar-refractivity contribution in [1.82, 2.24) is 0 Å². The lowest BCUT2D eigenvalue weighted by Gasteiger charge is -2.06. The molecule has 0 atom stereocenters. The van der Waals surface area contributed by atoms with E-state index in [2.05, 4.69) is 10.5 Å². The van der Waals surface area contributed by atoms with E-state index in [0.717, 1.165) is 6.07 Å². The van der Waals surface area contributed by atoms with E-state index in [1.54, 1.807) is 24.3 Å². The van der Waals surface area contributed by atoms with Crippen molar-refractivity contribution in [2.75, 3.05) is 5.32 Å². The van der Waals surface area contributed by atoms with E-state index in [1.165, 1.54) is 18.2 Å². The highest BCUT2D eigenvalue weighted by atomic mass is 19.1. The molecule has 2 rings (SSSR count). The van der Waals surface area contributed by atoms with Gasteiger partial charge in [-0.25, -0.2) is 4.39 Å². The normalized spacial score (nSPS) is 11.2. The molecule has 2 aromatic rings. The summed E-state index contributed by atoms with van der Waals surface area (Å²) < 4.78 is 13.0. The summed E-state index contributed by atoms with van der Waals surface area (Å²) in [7, 11) is 0. The van der Waals surface area contributed by atoms with Gasteiger partial charge >= 0.3 is 0 Å². The number of anilines is 1. The highest BCUT2D eigenvalue weighted by Gasteiger charge is 2.07. The minimum absolute atomic E-state index is 0.0204. The molecule has 6 heteroatoms. The Morgan fingerprint density at radius 1 is 1.15 bits per heavy atom. The molecule has 0 fully saturated rings. The summed E-state index contributed by atoms with van der Waals surface area (Å²) >= 11 is 0. The third kappa shape index (κ3) is 3.11. The van der Waals surface area contributed by atoms with Gasteiger partial charge in [0.25, 0.3) is 5.91 Å². The Kier molecular flexibility index (Phi) is 3.95. The van der Waals surface area contributed by atoms with E-state index in [9.17, 15) is 9.18 Å². The van der Waals surface area contributed by atoms with Crippen molar-refractivity contribution in [3.05, 3.63) is 65.5 Å². The Bertz CT molecular complexity index is 654. The van der Waals surface area contributed by atoms with E-state index < -0.39 is 11.7 Å². The largest absolute Gasteiger partial charge is 0.409 e. The molecule has 0 aliphatic heterocycles. The van der Waals surface area contributed by atoms with Crippen LogP contribution in [0, 0.1) is 5.82 Å². The number of nitrogens with one attached hydrogen (secondary N) is 1. The van der Waals surface area contributed by atoms with Gasteiger partial charge in [0.05, 0.1) is 0 Å². The summed E-state index contributed by atoms with van der Waals surface area (Å²) in [6, 6.07) is 11.8. The van der Waals surface area contributed by atoms with Gasteiger partial charge in [-0.1, -0.05) is 11.2 Å². The monoisotopic (exact) mass is 273 g/mol. The number of carbonyl (C=O) groups excluding carboxylic acids is 1. The standard InChI is InChI=1S/C14H12FN3O2/c15-11-3-1-2-10(8-11)14(19)17-12-6-4-9(5-7-12)13(16)18-20/h1-8,20H,(H2,16,18)(H,17,19). The molecular weight excluding hydrogens is 261 g/mol. The molecule has 0 aliphatic rings. The maximum absolute atomic E-state index is 13.0. The Labute approximate surface area is 114 Å². The number of amidine groups is 1. The van der Waals surface area contributed by atoms with Crippen molar-refractivity contribution < 1.29 is 14.4 Å². The van der Waals surface area contributed by atoms with E-state index >= 15 is 0 Å². The van der Waals surface area contributed by atoms with Crippen LogP contribution in [0.5, 0.6) is 0 Å². The zero-order valence-electron chi connectivity index (χ0n) is 10.4. The molecule has 1 amide bonds. The van der Waals surface area contributed by atoms with Gasteiger partial charge in [0.2, 0.25) is 0 Å². The fourth-order valence-corrected chi connectivity index (χ4v) is 1.62. The topological polar surface area (TPSA) is 87.7 Å². The lowest BCUT2D eigenvalue weighted by molar-refractivity contribution is 0.102. The number of halogens is 1. The van der Waals surface area contributed by atoms with Gasteiger partial charge in [-0.15, -0.1) is 0 Å². The second-order valence-corrected chi connectivity index (χ2v) is 4.03. The second kappa shape index (κ2) is 5.83. The zero-order chi connectivity index (χ0) is 14.5. The van der Waals surface area contributed by atoms with Crippen molar-refractivity contribution in [1.29, 1.82) is 0 Å². The molecule has 4 N–H and O–H groups in total. The van der Waals surface area contributed by atoms with Crippen molar-refractivity contribution in [3.63, 3.8) is 0 Å². The van der Waals surface area contributed by atoms with Crippen LogP contribution in [0.3, 0.4) is 0 Å². The van der Waals surface area contributed by atoms with Gasteiger partial charge in [0.1, 0.15) is 5.82 Å². The Hall–Kier alpha value is -2.89. The van der Waals surface area contributed by atoms with Crippen LogP contribution in [-0.4, -0.2) is 17.0 Å². The lowest BCUT2D eigenvalue weighted by Crippen LogP contribution is -2.14. The maximum Gasteiger partial charge on any atom is 0.255 e. The number of carbonyl (C=O) groups is 1. The fraction of sp³-hybridized carbons (Fsp3) is 0. The summed E-state index contributed by atoms with van der Waals surface area (Å²) in [5.74, 6) is -0.908. The molecule has 5 nitrogen and oxygen atoms in total. The smallest absolute Gasteiger partial charge is 0.255 e. The lowest BCUT2D eigenvalue weighted by atomic mass is 10.1. The third-order valence-electron chi connectivity index (χ3n) is 2.63. The van der Waals surface area contributed by atoms with Crippen LogP contribution in [0.4, 0.5) is 10.1 Å². The molecule has 0 heterocycles.